The summed E-state index contributed by atoms with van der Waals surface area (Å²) in [5.74, 6) is 0.157. The number of aromatic nitrogens is 3. The van der Waals surface area contributed by atoms with Crippen molar-refractivity contribution in [2.24, 2.45) is 5.41 Å². The van der Waals surface area contributed by atoms with E-state index >= 15 is 0 Å². The van der Waals surface area contributed by atoms with Crippen LogP contribution in [0.3, 0.4) is 0 Å². The van der Waals surface area contributed by atoms with Crippen molar-refractivity contribution in [3.05, 3.63) is 36.2 Å². The van der Waals surface area contributed by atoms with Crippen LogP contribution in [-0.4, -0.2) is 82.8 Å². The van der Waals surface area contributed by atoms with Crippen LogP contribution in [0.4, 0.5) is 15.0 Å². The summed E-state index contributed by atoms with van der Waals surface area (Å²) in [7, 11) is 0. The molecule has 5 rings (SSSR count). The average molecular weight is 455 g/mol. The van der Waals surface area contributed by atoms with Gasteiger partial charge in [-0.25, -0.2) is 9.78 Å². The molecule has 176 valence electrons. The molecular formula is C24H31FN6O2. The lowest BCUT2D eigenvalue weighted by Crippen LogP contribution is -2.58. The predicted octanol–water partition coefficient (Wildman–Crippen LogP) is 3.12. The van der Waals surface area contributed by atoms with E-state index in [2.05, 4.69) is 24.8 Å². The van der Waals surface area contributed by atoms with Crippen molar-refractivity contribution in [1.29, 1.82) is 0 Å². The normalized spacial score (nSPS) is 22.5. The van der Waals surface area contributed by atoms with Gasteiger partial charge in [0.15, 0.2) is 0 Å². The largest absolute Gasteiger partial charge is 0.450 e. The van der Waals surface area contributed by atoms with Gasteiger partial charge >= 0.3 is 6.09 Å². The molecule has 2 saturated heterocycles. The van der Waals surface area contributed by atoms with Crippen LogP contribution in [0.25, 0.3) is 11.3 Å². The lowest BCUT2D eigenvalue weighted by molar-refractivity contribution is -0.00294. The molecule has 0 bridgehead atoms. The van der Waals surface area contributed by atoms with E-state index in [1.807, 2.05) is 18.7 Å². The maximum atomic E-state index is 14.1. The summed E-state index contributed by atoms with van der Waals surface area (Å²) in [5, 5.41) is 0. The third-order valence-corrected chi connectivity index (χ3v) is 7.28. The summed E-state index contributed by atoms with van der Waals surface area (Å²) in [5.41, 5.74) is 2.62. The average Bonchev–Trinajstić information content (AvgIpc) is 3.25. The maximum absolute atomic E-state index is 14.1. The molecule has 3 aliphatic rings. The fourth-order valence-corrected chi connectivity index (χ4v) is 5.58. The van der Waals surface area contributed by atoms with Crippen LogP contribution in [0.5, 0.6) is 0 Å². The molecule has 8 nitrogen and oxygen atoms in total. The monoisotopic (exact) mass is 454 g/mol. The Labute approximate surface area is 193 Å². The van der Waals surface area contributed by atoms with Crippen molar-refractivity contribution in [2.75, 3.05) is 50.8 Å². The molecule has 1 aliphatic carbocycles. The molecule has 2 aromatic rings. The predicted molar refractivity (Wildman–Crippen MR) is 122 cm³/mol. The summed E-state index contributed by atoms with van der Waals surface area (Å²) >= 11 is 0. The van der Waals surface area contributed by atoms with Gasteiger partial charge in [0.05, 0.1) is 24.2 Å². The van der Waals surface area contributed by atoms with Gasteiger partial charge in [-0.15, -0.1) is 0 Å². The quantitative estimate of drug-likeness (QED) is 0.657. The second-order valence-electron chi connectivity index (χ2n) is 9.52. The van der Waals surface area contributed by atoms with E-state index in [9.17, 15) is 9.18 Å². The number of hydrogen-bond acceptors (Lipinski definition) is 7. The summed E-state index contributed by atoms with van der Waals surface area (Å²) in [6.07, 6.45) is 6.72. The Hall–Kier alpha value is -2.81. The van der Waals surface area contributed by atoms with Gasteiger partial charge in [-0.05, 0) is 45.2 Å². The number of carbonyl (C=O) groups is 1. The Balaban J connectivity index is 1.21. The van der Waals surface area contributed by atoms with Crippen molar-refractivity contribution in [1.82, 2.24) is 24.8 Å². The molecule has 33 heavy (non-hydrogen) atoms. The van der Waals surface area contributed by atoms with Crippen molar-refractivity contribution in [3.63, 3.8) is 0 Å². The third kappa shape index (κ3) is 4.38. The smallest absolute Gasteiger partial charge is 0.409 e. The van der Waals surface area contributed by atoms with Gasteiger partial charge < -0.3 is 14.5 Å². The fourth-order valence-electron chi connectivity index (χ4n) is 5.58. The fraction of sp³-hybridized carbons (Fsp3) is 0.583. The zero-order valence-electron chi connectivity index (χ0n) is 19.3. The Morgan fingerprint density at radius 2 is 1.97 bits per heavy atom. The first-order chi connectivity index (χ1) is 16.0. The first-order valence-electron chi connectivity index (χ1n) is 11.8. The molecule has 1 amide bonds. The summed E-state index contributed by atoms with van der Waals surface area (Å²) in [6.45, 7) is 9.21. The van der Waals surface area contributed by atoms with E-state index in [0.29, 0.717) is 24.2 Å². The first kappa shape index (κ1) is 22.0. The Kier molecular flexibility index (Phi) is 5.90. The van der Waals surface area contributed by atoms with Crippen LogP contribution < -0.4 is 4.90 Å². The molecule has 1 saturated carbocycles. The van der Waals surface area contributed by atoms with Crippen LogP contribution in [0.1, 0.15) is 31.9 Å². The summed E-state index contributed by atoms with van der Waals surface area (Å²) < 4.78 is 19.2. The number of piperazine rings is 1. The standard InChI is InChI=1S/C24H31FN6O2/c1-3-33-23(32)31-15-24(16-31)7-6-18(12-24)29-8-10-30(11-9-29)22-19(4-5-21(25)28-22)20-14-26-17(2)13-27-20/h4-5,13-14,18H,3,6-12,15-16H2,1-2H3/t18-/m1/s1. The second kappa shape index (κ2) is 8.85. The van der Waals surface area contributed by atoms with Crippen LogP contribution in [0.15, 0.2) is 24.5 Å². The Bertz CT molecular complexity index is 1000. The molecular weight excluding hydrogens is 423 g/mol. The minimum Gasteiger partial charge on any atom is -0.450 e. The first-order valence-corrected chi connectivity index (χ1v) is 11.8. The SMILES string of the molecule is CCOC(=O)N1CC2(CC[C@@H](N3CCN(c4nc(F)ccc4-c4cnc(C)cn4)CC3)C2)C1. The molecule has 1 spiro atoms. The molecule has 0 N–H and O–H groups in total. The number of carbonyl (C=O) groups excluding carboxylic acids is 1. The molecule has 1 atom stereocenters. The van der Waals surface area contributed by atoms with Gasteiger partial charge in [-0.2, -0.15) is 4.39 Å². The number of aryl methyl sites for hydroxylation is 1. The van der Waals surface area contributed by atoms with Gasteiger partial charge in [0, 0.05) is 62.5 Å². The van der Waals surface area contributed by atoms with Crippen molar-refractivity contribution in [3.8, 4) is 11.3 Å². The Morgan fingerprint density at radius 1 is 1.18 bits per heavy atom. The highest BCUT2D eigenvalue weighted by Crippen LogP contribution is 2.47. The van der Waals surface area contributed by atoms with Gasteiger partial charge in [0.2, 0.25) is 5.95 Å². The highest BCUT2D eigenvalue weighted by molar-refractivity contribution is 5.73. The number of ether oxygens (including phenoxy) is 1. The van der Waals surface area contributed by atoms with Gasteiger partial charge in [0.25, 0.3) is 0 Å². The van der Waals surface area contributed by atoms with Gasteiger partial charge in [0.1, 0.15) is 5.82 Å². The Morgan fingerprint density at radius 3 is 2.67 bits per heavy atom. The minimum absolute atomic E-state index is 0.183. The summed E-state index contributed by atoms with van der Waals surface area (Å²) in [6, 6.07) is 3.67. The molecule has 4 heterocycles. The van der Waals surface area contributed by atoms with Gasteiger partial charge in [-0.3, -0.25) is 14.9 Å². The van der Waals surface area contributed by atoms with Crippen molar-refractivity contribution in [2.45, 2.75) is 39.2 Å². The second-order valence-corrected chi connectivity index (χ2v) is 9.52. The number of anilines is 1. The maximum Gasteiger partial charge on any atom is 0.409 e. The zero-order valence-corrected chi connectivity index (χ0v) is 19.3. The summed E-state index contributed by atoms with van der Waals surface area (Å²) in [4.78, 5) is 31.5. The van der Waals surface area contributed by atoms with E-state index in [0.717, 1.165) is 63.4 Å². The molecule has 0 aromatic carbocycles. The molecule has 2 aromatic heterocycles. The van der Waals surface area contributed by atoms with Crippen LogP contribution in [0.2, 0.25) is 0 Å². The molecule has 0 radical (unpaired) electrons. The van der Waals surface area contributed by atoms with E-state index in [4.69, 9.17) is 4.74 Å². The van der Waals surface area contributed by atoms with E-state index < -0.39 is 5.95 Å². The van der Waals surface area contributed by atoms with Crippen LogP contribution >= 0.6 is 0 Å². The number of rotatable bonds is 4. The molecule has 9 heteroatoms. The van der Waals surface area contributed by atoms with E-state index in [-0.39, 0.29) is 11.5 Å². The molecule has 3 fully saturated rings. The van der Waals surface area contributed by atoms with E-state index in [1.54, 1.807) is 18.5 Å². The minimum atomic E-state index is -0.481. The number of likely N-dealkylation sites (tertiary alicyclic amines) is 1. The zero-order chi connectivity index (χ0) is 23.0. The number of halogens is 1. The number of hydrogen-bond donors (Lipinski definition) is 0. The van der Waals surface area contributed by atoms with Crippen LogP contribution in [0, 0.1) is 18.3 Å². The van der Waals surface area contributed by atoms with Crippen molar-refractivity contribution >= 4 is 11.9 Å². The van der Waals surface area contributed by atoms with Crippen LogP contribution in [-0.2, 0) is 4.74 Å². The lowest BCUT2D eigenvalue weighted by atomic mass is 9.78. The number of pyridine rings is 1. The topological polar surface area (TPSA) is 74.7 Å². The number of amides is 1. The molecule has 2 aliphatic heterocycles. The lowest BCUT2D eigenvalue weighted by Gasteiger charge is -2.48. The van der Waals surface area contributed by atoms with Crippen molar-refractivity contribution < 1.29 is 13.9 Å². The molecule has 0 unspecified atom stereocenters. The third-order valence-electron chi connectivity index (χ3n) is 7.28. The van der Waals surface area contributed by atoms with E-state index in [1.165, 1.54) is 12.5 Å². The highest BCUT2D eigenvalue weighted by atomic mass is 19.1. The highest BCUT2D eigenvalue weighted by Gasteiger charge is 2.51. The number of nitrogens with zero attached hydrogens (tertiary/aromatic N) is 6. The van der Waals surface area contributed by atoms with Gasteiger partial charge in [-0.1, -0.05) is 0 Å².